The first-order valence-corrected chi connectivity index (χ1v) is 8.48. The van der Waals surface area contributed by atoms with Crippen LogP contribution in [0.15, 0.2) is 24.4 Å². The molecule has 140 valence electrons. The van der Waals surface area contributed by atoms with Gasteiger partial charge < -0.3 is 15.4 Å². The third kappa shape index (κ3) is 4.54. The maximum absolute atomic E-state index is 12.5. The maximum Gasteiger partial charge on any atom is 0.387 e. The first kappa shape index (κ1) is 18.2. The number of ether oxygens (including phenoxy) is 1. The van der Waals surface area contributed by atoms with Gasteiger partial charge in [-0.2, -0.15) is 8.78 Å². The summed E-state index contributed by atoms with van der Waals surface area (Å²) in [6.07, 6.45) is 3.49. The van der Waals surface area contributed by atoms with E-state index in [-0.39, 0.29) is 24.0 Å². The number of aryl methyl sites for hydroxylation is 1. The second kappa shape index (κ2) is 8.22. The largest absolute Gasteiger partial charge is 0.434 e. The van der Waals surface area contributed by atoms with Crippen LogP contribution in [0, 0.1) is 6.92 Å². The van der Waals surface area contributed by atoms with Crippen LogP contribution in [0.1, 0.15) is 40.5 Å². The Labute approximate surface area is 149 Å². The number of carbonyl (C=O) groups is 1. The third-order valence-electron chi connectivity index (χ3n) is 4.30. The van der Waals surface area contributed by atoms with Crippen molar-refractivity contribution in [2.24, 2.45) is 0 Å². The molecule has 2 aromatic rings. The molecule has 1 aliphatic heterocycles. The van der Waals surface area contributed by atoms with Crippen molar-refractivity contribution in [2.45, 2.75) is 39.0 Å². The van der Waals surface area contributed by atoms with E-state index in [0.717, 1.165) is 31.5 Å². The fourth-order valence-electron chi connectivity index (χ4n) is 2.95. The second-order valence-electron chi connectivity index (χ2n) is 6.24. The molecule has 0 saturated carbocycles. The maximum atomic E-state index is 12.5. The molecule has 9 heteroatoms. The van der Waals surface area contributed by atoms with Crippen molar-refractivity contribution < 1.29 is 18.3 Å². The van der Waals surface area contributed by atoms with E-state index in [1.165, 1.54) is 6.07 Å². The lowest BCUT2D eigenvalue weighted by Gasteiger charge is -2.22. The Morgan fingerprint density at radius 1 is 1.42 bits per heavy atom. The van der Waals surface area contributed by atoms with Crippen LogP contribution in [0.4, 0.5) is 8.78 Å². The lowest BCUT2D eigenvalue weighted by atomic mass is 10.1. The Morgan fingerprint density at radius 3 is 2.92 bits per heavy atom. The van der Waals surface area contributed by atoms with Gasteiger partial charge in [0.15, 0.2) is 5.69 Å². The average Bonchev–Trinajstić information content (AvgIpc) is 3.12. The van der Waals surface area contributed by atoms with Crippen molar-refractivity contribution in [1.82, 2.24) is 25.6 Å². The Hall–Kier alpha value is -2.55. The topological polar surface area (TPSA) is 81.1 Å². The number of nitrogens with zero attached hydrogens (tertiary/aromatic N) is 3. The van der Waals surface area contributed by atoms with Gasteiger partial charge >= 0.3 is 6.61 Å². The summed E-state index contributed by atoms with van der Waals surface area (Å²) in [7, 11) is 0. The molecule has 0 bridgehead atoms. The number of hydrogen-bond acceptors (Lipinski definition) is 5. The number of amides is 1. The molecule has 2 heterocycles. The van der Waals surface area contributed by atoms with Crippen molar-refractivity contribution >= 4 is 5.91 Å². The molecule has 1 aromatic carbocycles. The predicted octanol–water partition coefficient (Wildman–Crippen LogP) is 2.04. The van der Waals surface area contributed by atoms with E-state index >= 15 is 0 Å². The Balaban J connectivity index is 1.64. The van der Waals surface area contributed by atoms with Crippen LogP contribution in [-0.2, 0) is 6.54 Å². The number of nitrogens with one attached hydrogen (secondary N) is 2. The summed E-state index contributed by atoms with van der Waals surface area (Å²) in [5, 5.41) is 13.9. The Morgan fingerprint density at radius 2 is 2.19 bits per heavy atom. The molecule has 2 N–H and O–H groups in total. The van der Waals surface area contributed by atoms with Gasteiger partial charge in [-0.15, -0.1) is 5.10 Å². The zero-order valence-corrected chi connectivity index (χ0v) is 14.4. The number of aromatic nitrogens is 3. The molecule has 1 amide bonds. The predicted molar refractivity (Wildman–Crippen MR) is 90.1 cm³/mol. The van der Waals surface area contributed by atoms with Gasteiger partial charge in [-0.05, 0) is 38.9 Å². The van der Waals surface area contributed by atoms with E-state index in [9.17, 15) is 13.6 Å². The molecule has 0 aliphatic carbocycles. The first-order chi connectivity index (χ1) is 12.5. The van der Waals surface area contributed by atoms with Crippen LogP contribution in [0.5, 0.6) is 5.75 Å². The Bertz CT molecular complexity index is 759. The van der Waals surface area contributed by atoms with Crippen molar-refractivity contribution in [2.75, 3.05) is 13.1 Å². The van der Waals surface area contributed by atoms with Gasteiger partial charge in [0.1, 0.15) is 5.75 Å². The summed E-state index contributed by atoms with van der Waals surface area (Å²) < 4.78 is 31.2. The zero-order valence-electron chi connectivity index (χ0n) is 14.4. The smallest absolute Gasteiger partial charge is 0.387 e. The lowest BCUT2D eigenvalue weighted by molar-refractivity contribution is -0.0504. The van der Waals surface area contributed by atoms with Crippen molar-refractivity contribution in [3.8, 4) is 5.75 Å². The highest BCUT2D eigenvalue weighted by Crippen LogP contribution is 2.22. The highest BCUT2D eigenvalue weighted by Gasteiger charge is 2.19. The van der Waals surface area contributed by atoms with E-state index in [1.54, 1.807) is 23.0 Å². The van der Waals surface area contributed by atoms with Crippen LogP contribution >= 0.6 is 0 Å². The Kier molecular flexibility index (Phi) is 5.77. The monoisotopic (exact) mass is 365 g/mol. The van der Waals surface area contributed by atoms with Crippen molar-refractivity contribution in [3.63, 3.8) is 0 Å². The molecule has 1 fully saturated rings. The van der Waals surface area contributed by atoms with Gasteiger partial charge in [-0.1, -0.05) is 22.9 Å². The summed E-state index contributed by atoms with van der Waals surface area (Å²) in [5.41, 5.74) is 1.56. The molecule has 0 spiro atoms. The van der Waals surface area contributed by atoms with E-state index < -0.39 is 12.5 Å². The quantitative estimate of drug-likeness (QED) is 0.819. The molecule has 1 aliphatic rings. The normalized spacial score (nSPS) is 15.2. The molecule has 7 nitrogen and oxygen atoms in total. The van der Waals surface area contributed by atoms with Crippen LogP contribution in [0.25, 0.3) is 0 Å². The van der Waals surface area contributed by atoms with E-state index in [0.29, 0.717) is 5.56 Å². The number of halogens is 2. The molecule has 3 rings (SSSR count). The van der Waals surface area contributed by atoms with E-state index in [1.807, 2.05) is 6.92 Å². The number of alkyl halides is 2. The molecule has 1 saturated heterocycles. The van der Waals surface area contributed by atoms with Gasteiger partial charge in [-0.3, -0.25) is 4.79 Å². The minimum atomic E-state index is -2.92. The van der Waals surface area contributed by atoms with Crippen LogP contribution < -0.4 is 15.4 Å². The van der Waals surface area contributed by atoms with E-state index in [2.05, 4.69) is 25.7 Å². The van der Waals surface area contributed by atoms with Crippen LogP contribution in [0.2, 0.25) is 0 Å². The highest BCUT2D eigenvalue weighted by atomic mass is 19.3. The van der Waals surface area contributed by atoms with E-state index in [4.69, 9.17) is 0 Å². The fourth-order valence-corrected chi connectivity index (χ4v) is 2.95. The average molecular weight is 365 g/mol. The van der Waals surface area contributed by atoms with Gasteiger partial charge in [-0.25, -0.2) is 4.68 Å². The molecule has 0 radical (unpaired) electrons. The molecule has 0 atom stereocenters. The molecule has 26 heavy (non-hydrogen) atoms. The number of benzene rings is 1. The molecule has 1 aromatic heterocycles. The van der Waals surface area contributed by atoms with Gasteiger partial charge in [0.05, 0.1) is 12.2 Å². The standard InChI is InChI=1S/C17H21F2N5O2/c1-11-2-3-15(26-17(18)19)12(8-11)9-21-16(25)14-10-24(23-22-14)13-4-6-20-7-5-13/h2-3,8,10,13,17,20H,4-7,9H2,1H3,(H,21,25). The molecular formula is C17H21F2N5O2. The molecule has 0 unspecified atom stereocenters. The highest BCUT2D eigenvalue weighted by molar-refractivity contribution is 5.91. The summed E-state index contributed by atoms with van der Waals surface area (Å²) in [4.78, 5) is 12.3. The number of hydrogen-bond donors (Lipinski definition) is 2. The lowest BCUT2D eigenvalue weighted by Crippen LogP contribution is -2.29. The second-order valence-corrected chi connectivity index (χ2v) is 6.24. The summed E-state index contributed by atoms with van der Waals surface area (Å²) >= 11 is 0. The SMILES string of the molecule is Cc1ccc(OC(F)F)c(CNC(=O)c2cn(C3CCNCC3)nn2)c1. The summed E-state index contributed by atoms with van der Waals surface area (Å²) in [5.74, 6) is -0.362. The minimum absolute atomic E-state index is 0.0456. The third-order valence-corrected chi connectivity index (χ3v) is 4.30. The minimum Gasteiger partial charge on any atom is -0.434 e. The van der Waals surface area contributed by atoms with Gasteiger partial charge in [0, 0.05) is 12.1 Å². The summed E-state index contributed by atoms with van der Waals surface area (Å²) in [6, 6.07) is 5.07. The van der Waals surface area contributed by atoms with Gasteiger partial charge in [0.2, 0.25) is 0 Å². The number of rotatable bonds is 6. The summed E-state index contributed by atoms with van der Waals surface area (Å²) in [6.45, 7) is 0.792. The number of piperidine rings is 1. The molecular weight excluding hydrogens is 344 g/mol. The van der Waals surface area contributed by atoms with Crippen molar-refractivity contribution in [3.05, 3.63) is 41.2 Å². The van der Waals surface area contributed by atoms with Crippen molar-refractivity contribution in [1.29, 1.82) is 0 Å². The number of carbonyl (C=O) groups excluding carboxylic acids is 1. The zero-order chi connectivity index (χ0) is 18.5. The fraction of sp³-hybridized carbons (Fsp3) is 0.471. The van der Waals surface area contributed by atoms with Crippen LogP contribution in [0.3, 0.4) is 0 Å². The van der Waals surface area contributed by atoms with Gasteiger partial charge in [0.25, 0.3) is 5.91 Å². The first-order valence-electron chi connectivity index (χ1n) is 8.48. The van der Waals surface area contributed by atoms with Crippen LogP contribution in [-0.4, -0.2) is 40.6 Å².